The van der Waals surface area contributed by atoms with Gasteiger partial charge in [-0.25, -0.2) is 4.39 Å². The van der Waals surface area contributed by atoms with Crippen LogP contribution in [0.25, 0.3) is 0 Å². The minimum absolute atomic E-state index is 0.328. The monoisotopic (exact) mass is 325 g/mol. The summed E-state index contributed by atoms with van der Waals surface area (Å²) >= 11 is 0. The second-order valence-electron chi connectivity index (χ2n) is 5.81. The summed E-state index contributed by atoms with van der Waals surface area (Å²) in [5, 5.41) is 4.01. The van der Waals surface area contributed by atoms with Crippen LogP contribution in [0.2, 0.25) is 0 Å². The first kappa shape index (κ1) is 14.8. The molecule has 1 aliphatic rings. The third-order valence-corrected chi connectivity index (χ3v) is 3.80. The Hall–Kier alpha value is -2.82. The molecule has 5 heteroatoms. The highest BCUT2D eigenvalue weighted by Gasteiger charge is 2.27. The maximum Gasteiger partial charge on any atom is 0.140 e. The maximum atomic E-state index is 13.1. The van der Waals surface area contributed by atoms with Gasteiger partial charge in [0.15, 0.2) is 0 Å². The Morgan fingerprint density at radius 3 is 2.54 bits per heavy atom. The maximum absolute atomic E-state index is 13.1. The molecule has 0 unspecified atom stereocenters. The summed E-state index contributed by atoms with van der Waals surface area (Å²) in [6, 6.07) is 15.1. The molecule has 4 rings (SSSR count). The lowest BCUT2D eigenvalue weighted by Gasteiger charge is -2.07. The van der Waals surface area contributed by atoms with E-state index in [1.165, 1.54) is 25.0 Å². The van der Waals surface area contributed by atoms with Crippen molar-refractivity contribution in [2.45, 2.75) is 25.4 Å². The summed E-state index contributed by atoms with van der Waals surface area (Å²) in [7, 11) is 0. The van der Waals surface area contributed by atoms with Gasteiger partial charge in [0.05, 0.1) is 0 Å². The van der Waals surface area contributed by atoms with Crippen LogP contribution in [0, 0.1) is 5.82 Å². The van der Waals surface area contributed by atoms with E-state index in [0.29, 0.717) is 29.8 Å². The summed E-state index contributed by atoms with van der Waals surface area (Å²) in [5.74, 6) is 2.95. The first-order chi connectivity index (χ1) is 11.8. The largest absolute Gasteiger partial charge is 0.487 e. The van der Waals surface area contributed by atoms with E-state index in [0.717, 1.165) is 11.5 Å². The molecule has 1 saturated carbocycles. The lowest BCUT2D eigenvalue weighted by atomic mass is 10.3. The molecule has 1 aliphatic carbocycles. The lowest BCUT2D eigenvalue weighted by molar-refractivity contribution is 0.286. The highest BCUT2D eigenvalue weighted by molar-refractivity contribution is 5.35. The third-order valence-electron chi connectivity index (χ3n) is 3.80. The van der Waals surface area contributed by atoms with Crippen LogP contribution in [-0.2, 0) is 6.61 Å². The number of benzene rings is 2. The van der Waals surface area contributed by atoms with Crippen molar-refractivity contribution >= 4 is 0 Å². The van der Waals surface area contributed by atoms with Crippen LogP contribution < -0.4 is 9.47 Å². The number of halogens is 1. The Morgan fingerprint density at radius 2 is 1.79 bits per heavy atom. The molecule has 1 heterocycles. The molecule has 0 saturated heterocycles. The number of ether oxygens (including phenoxy) is 2. The Balaban J connectivity index is 1.34. The van der Waals surface area contributed by atoms with Gasteiger partial charge in [-0.05, 0) is 49.2 Å². The van der Waals surface area contributed by atoms with Crippen LogP contribution in [0.15, 0.2) is 59.1 Å². The number of nitrogens with zero attached hydrogens (tertiary/aromatic N) is 1. The van der Waals surface area contributed by atoms with Gasteiger partial charge >= 0.3 is 0 Å². The van der Waals surface area contributed by atoms with Crippen molar-refractivity contribution in [3.05, 3.63) is 71.9 Å². The molecule has 0 amide bonds. The summed E-state index contributed by atoms with van der Waals surface area (Å²) in [5.41, 5.74) is 0.789. The van der Waals surface area contributed by atoms with Gasteiger partial charge in [-0.15, -0.1) is 0 Å². The standard InChI is InChI=1S/C19H16FNO3/c20-14-2-1-3-18(10-14)23-17-8-6-16(7-9-17)22-12-15-11-19(24-21-15)13-4-5-13/h1-3,6-11,13H,4-5,12H2. The van der Waals surface area contributed by atoms with Crippen LogP contribution in [0.1, 0.15) is 30.2 Å². The first-order valence-corrected chi connectivity index (χ1v) is 7.88. The SMILES string of the molecule is Fc1cccc(Oc2ccc(OCc3cc(C4CC4)on3)cc2)c1. The van der Waals surface area contributed by atoms with E-state index in [4.69, 9.17) is 14.0 Å². The van der Waals surface area contributed by atoms with Gasteiger partial charge in [0.1, 0.15) is 41.1 Å². The van der Waals surface area contributed by atoms with Crippen LogP contribution in [-0.4, -0.2) is 5.16 Å². The molecule has 2 aromatic carbocycles. The summed E-state index contributed by atoms with van der Waals surface area (Å²) < 4.78 is 29.7. The lowest BCUT2D eigenvalue weighted by Crippen LogP contribution is -1.95. The van der Waals surface area contributed by atoms with Crippen LogP contribution >= 0.6 is 0 Å². The molecule has 4 nitrogen and oxygen atoms in total. The van der Waals surface area contributed by atoms with E-state index in [-0.39, 0.29) is 5.82 Å². The van der Waals surface area contributed by atoms with Crippen molar-refractivity contribution in [2.75, 3.05) is 0 Å². The van der Waals surface area contributed by atoms with E-state index >= 15 is 0 Å². The minimum Gasteiger partial charge on any atom is -0.487 e. The Bertz CT molecular complexity index is 825. The molecular formula is C19H16FNO3. The van der Waals surface area contributed by atoms with Gasteiger partial charge in [0, 0.05) is 18.1 Å². The summed E-state index contributed by atoms with van der Waals surface area (Å²) in [6.07, 6.45) is 2.37. The number of hydrogen-bond donors (Lipinski definition) is 0. The van der Waals surface area contributed by atoms with Gasteiger partial charge in [-0.2, -0.15) is 0 Å². The molecule has 24 heavy (non-hydrogen) atoms. The van der Waals surface area contributed by atoms with Crippen LogP contribution in [0.4, 0.5) is 4.39 Å². The van der Waals surface area contributed by atoms with Gasteiger partial charge in [0.2, 0.25) is 0 Å². The van der Waals surface area contributed by atoms with Crippen LogP contribution in [0.5, 0.6) is 17.2 Å². The molecule has 0 aliphatic heterocycles. The molecule has 1 aromatic heterocycles. The van der Waals surface area contributed by atoms with Gasteiger partial charge in [-0.3, -0.25) is 0 Å². The molecule has 1 fully saturated rings. The fraction of sp³-hybridized carbons (Fsp3) is 0.211. The van der Waals surface area contributed by atoms with Crippen molar-refractivity contribution in [1.82, 2.24) is 5.16 Å². The van der Waals surface area contributed by atoms with Gasteiger partial charge in [-0.1, -0.05) is 11.2 Å². The zero-order valence-electron chi connectivity index (χ0n) is 12.9. The predicted molar refractivity (Wildman–Crippen MR) is 85.7 cm³/mol. The van der Waals surface area contributed by atoms with Crippen molar-refractivity contribution < 1.29 is 18.4 Å². The topological polar surface area (TPSA) is 44.5 Å². The summed E-state index contributed by atoms with van der Waals surface area (Å²) in [6.45, 7) is 0.361. The average Bonchev–Trinajstić information content (AvgIpc) is 3.33. The molecule has 0 spiro atoms. The summed E-state index contributed by atoms with van der Waals surface area (Å²) in [4.78, 5) is 0. The van der Waals surface area contributed by atoms with Crippen molar-refractivity contribution in [3.8, 4) is 17.2 Å². The normalized spacial score (nSPS) is 13.7. The van der Waals surface area contributed by atoms with E-state index in [1.54, 1.807) is 36.4 Å². The fourth-order valence-corrected chi connectivity index (χ4v) is 2.38. The van der Waals surface area contributed by atoms with Crippen molar-refractivity contribution in [3.63, 3.8) is 0 Å². The highest BCUT2D eigenvalue weighted by atomic mass is 19.1. The minimum atomic E-state index is -0.328. The van der Waals surface area contributed by atoms with Crippen LogP contribution in [0.3, 0.4) is 0 Å². The predicted octanol–water partition coefficient (Wildman–Crippen LogP) is 5.06. The Morgan fingerprint density at radius 1 is 1.00 bits per heavy atom. The van der Waals surface area contributed by atoms with Gasteiger partial charge in [0.25, 0.3) is 0 Å². The van der Waals surface area contributed by atoms with Crippen molar-refractivity contribution in [1.29, 1.82) is 0 Å². The fourth-order valence-electron chi connectivity index (χ4n) is 2.38. The molecule has 0 radical (unpaired) electrons. The first-order valence-electron chi connectivity index (χ1n) is 7.88. The highest BCUT2D eigenvalue weighted by Crippen LogP contribution is 2.40. The Kier molecular flexibility index (Phi) is 3.91. The number of rotatable bonds is 6. The second kappa shape index (κ2) is 6.35. The number of hydrogen-bond acceptors (Lipinski definition) is 4. The van der Waals surface area contributed by atoms with Gasteiger partial charge < -0.3 is 14.0 Å². The van der Waals surface area contributed by atoms with E-state index in [9.17, 15) is 4.39 Å². The zero-order chi connectivity index (χ0) is 16.4. The second-order valence-corrected chi connectivity index (χ2v) is 5.81. The van der Waals surface area contributed by atoms with E-state index < -0.39 is 0 Å². The molecule has 122 valence electrons. The molecule has 0 N–H and O–H groups in total. The zero-order valence-corrected chi connectivity index (χ0v) is 12.9. The smallest absolute Gasteiger partial charge is 0.140 e. The number of aromatic nitrogens is 1. The molecule has 3 aromatic rings. The quantitative estimate of drug-likeness (QED) is 0.635. The third kappa shape index (κ3) is 3.56. The molecular weight excluding hydrogens is 309 g/mol. The van der Waals surface area contributed by atoms with Crippen molar-refractivity contribution in [2.24, 2.45) is 0 Å². The average molecular weight is 325 g/mol. The van der Waals surface area contributed by atoms with E-state index in [1.807, 2.05) is 6.07 Å². The van der Waals surface area contributed by atoms with E-state index in [2.05, 4.69) is 5.16 Å². The molecule has 0 atom stereocenters. The molecule has 0 bridgehead atoms. The Labute approximate surface area is 138 Å².